The van der Waals surface area contributed by atoms with E-state index in [1.54, 1.807) is 4.90 Å². The van der Waals surface area contributed by atoms with E-state index in [1.807, 2.05) is 29.2 Å². The molecule has 2 amide bonds. The van der Waals surface area contributed by atoms with Crippen molar-refractivity contribution in [3.63, 3.8) is 0 Å². The molecular weight excluding hydrogens is 447 g/mol. The minimum absolute atomic E-state index is 0.138. The molecule has 4 rings (SSSR count). The maximum absolute atomic E-state index is 12.5. The van der Waals surface area contributed by atoms with E-state index in [1.165, 1.54) is 12.5 Å². The van der Waals surface area contributed by atoms with Gasteiger partial charge in [0, 0.05) is 54.4 Å². The summed E-state index contributed by atoms with van der Waals surface area (Å²) in [7, 11) is 0. The Bertz CT molecular complexity index is 803. The van der Waals surface area contributed by atoms with Gasteiger partial charge in [-0.1, -0.05) is 6.07 Å². The average molecular weight is 466 g/mol. The van der Waals surface area contributed by atoms with Crippen LogP contribution in [0.3, 0.4) is 0 Å². The van der Waals surface area contributed by atoms with E-state index in [0.717, 1.165) is 22.3 Å². The van der Waals surface area contributed by atoms with Gasteiger partial charge < -0.3 is 14.2 Å². The molecule has 0 spiro atoms. The van der Waals surface area contributed by atoms with Crippen molar-refractivity contribution in [2.75, 3.05) is 37.6 Å². The van der Waals surface area contributed by atoms with Crippen molar-refractivity contribution < 1.29 is 14.0 Å². The molecule has 0 aliphatic carbocycles. The number of halogens is 1. The highest BCUT2D eigenvalue weighted by Crippen LogP contribution is 2.26. The molecule has 2 fully saturated rings. The lowest BCUT2D eigenvalue weighted by atomic mass is 10.2. The first kappa shape index (κ1) is 17.5. The topological polar surface area (TPSA) is 69.9 Å². The Kier molecular flexibility index (Phi) is 4.94. The first-order valence-electron chi connectivity index (χ1n) is 8.60. The number of oxazole rings is 1. The molecule has 2 saturated heterocycles. The molecule has 0 bridgehead atoms. The summed E-state index contributed by atoms with van der Waals surface area (Å²) in [6, 6.07) is 8.21. The van der Waals surface area contributed by atoms with Crippen molar-refractivity contribution in [3.05, 3.63) is 46.2 Å². The molecule has 26 heavy (non-hydrogen) atoms. The number of carbonyl (C=O) groups is 2. The predicted molar refractivity (Wildman–Crippen MR) is 104 cm³/mol. The van der Waals surface area contributed by atoms with E-state index in [4.69, 9.17) is 4.42 Å². The molecule has 0 N–H and O–H groups in total. The molecule has 0 saturated carbocycles. The number of hydrogen-bond donors (Lipinski definition) is 0. The molecule has 8 heteroatoms. The zero-order valence-electron chi connectivity index (χ0n) is 14.2. The number of aromatic nitrogens is 1. The molecule has 1 aromatic heterocycles. The van der Waals surface area contributed by atoms with Crippen LogP contribution in [-0.2, 0) is 4.79 Å². The van der Waals surface area contributed by atoms with Crippen molar-refractivity contribution >= 4 is 40.1 Å². The van der Waals surface area contributed by atoms with E-state index in [9.17, 15) is 9.59 Å². The number of rotatable bonds is 3. The summed E-state index contributed by atoms with van der Waals surface area (Å²) >= 11 is 2.26. The van der Waals surface area contributed by atoms with Crippen molar-refractivity contribution in [2.45, 2.75) is 12.5 Å². The van der Waals surface area contributed by atoms with Crippen LogP contribution in [0.1, 0.15) is 17.1 Å². The fourth-order valence-electron chi connectivity index (χ4n) is 3.58. The summed E-state index contributed by atoms with van der Waals surface area (Å²) in [6.07, 6.45) is 3.42. The number of benzene rings is 1. The van der Waals surface area contributed by atoms with E-state index < -0.39 is 0 Å². The summed E-state index contributed by atoms with van der Waals surface area (Å²) in [4.78, 5) is 34.6. The molecule has 7 nitrogen and oxygen atoms in total. The summed E-state index contributed by atoms with van der Waals surface area (Å²) < 4.78 is 6.21. The van der Waals surface area contributed by atoms with Gasteiger partial charge in [0.15, 0.2) is 0 Å². The molecule has 2 aromatic rings. The first-order chi connectivity index (χ1) is 12.6. The quantitative estimate of drug-likeness (QED) is 0.646. The lowest BCUT2D eigenvalue weighted by molar-refractivity contribution is -0.117. The van der Waals surface area contributed by atoms with Gasteiger partial charge in [0.25, 0.3) is 5.89 Å². The largest absolute Gasteiger partial charge is 0.441 e. The van der Waals surface area contributed by atoms with Gasteiger partial charge in [0.05, 0.1) is 6.20 Å². The van der Waals surface area contributed by atoms with E-state index in [0.29, 0.717) is 26.1 Å². The van der Waals surface area contributed by atoms with E-state index in [2.05, 4.69) is 32.5 Å². The lowest BCUT2D eigenvalue weighted by Gasteiger charge is -2.37. The molecular formula is C18H19IN4O3. The molecule has 136 valence electrons. The average Bonchev–Trinajstić information content (AvgIpc) is 3.31. The molecule has 1 unspecified atom stereocenters. The van der Waals surface area contributed by atoms with Gasteiger partial charge in [0.2, 0.25) is 5.91 Å². The fraction of sp³-hybridized carbons (Fsp3) is 0.389. The van der Waals surface area contributed by atoms with Crippen molar-refractivity contribution in [2.24, 2.45) is 0 Å². The zero-order chi connectivity index (χ0) is 18.1. The van der Waals surface area contributed by atoms with Crippen molar-refractivity contribution in [1.29, 1.82) is 0 Å². The zero-order valence-corrected chi connectivity index (χ0v) is 16.3. The highest BCUT2D eigenvalue weighted by atomic mass is 127. The van der Waals surface area contributed by atoms with Crippen molar-refractivity contribution in [1.82, 2.24) is 14.8 Å². The molecule has 0 radical (unpaired) electrons. The van der Waals surface area contributed by atoms with E-state index >= 15 is 0 Å². The second-order valence-corrected chi connectivity index (χ2v) is 7.75. The molecule has 1 aromatic carbocycles. The second-order valence-electron chi connectivity index (χ2n) is 6.51. The number of amides is 2. The van der Waals surface area contributed by atoms with Crippen LogP contribution in [0, 0.1) is 3.57 Å². The fourth-order valence-corrected chi connectivity index (χ4v) is 4.11. The van der Waals surface area contributed by atoms with Gasteiger partial charge in [-0.15, -0.1) is 0 Å². The minimum atomic E-state index is -0.169. The van der Waals surface area contributed by atoms with Gasteiger partial charge in [-0.3, -0.25) is 14.5 Å². The van der Waals surface area contributed by atoms with Crippen molar-refractivity contribution in [3.8, 4) is 0 Å². The third-order valence-corrected chi connectivity index (χ3v) is 5.63. The standard InChI is InChI=1S/C18H19IN4O3/c19-13-2-1-3-14(10-13)23-12-15(11-16(23)24)21-5-7-22(8-6-21)18(25)17-20-4-9-26-17/h1-4,9-10,15H,5-8,11-12H2. The maximum Gasteiger partial charge on any atom is 0.309 e. The Morgan fingerprint density at radius 2 is 2.04 bits per heavy atom. The highest BCUT2D eigenvalue weighted by molar-refractivity contribution is 14.1. The number of nitrogens with zero attached hydrogens (tertiary/aromatic N) is 4. The number of hydrogen-bond acceptors (Lipinski definition) is 5. The van der Waals surface area contributed by atoms with Crippen LogP contribution in [0.4, 0.5) is 5.69 Å². The maximum atomic E-state index is 12.5. The van der Waals surface area contributed by atoms with Crippen LogP contribution >= 0.6 is 22.6 Å². The SMILES string of the molecule is O=C(c1ncco1)N1CCN(C2CC(=O)N(c3cccc(I)c3)C2)CC1. The summed E-state index contributed by atoms with van der Waals surface area (Å²) in [6.45, 7) is 3.45. The van der Waals surface area contributed by atoms with Gasteiger partial charge in [-0.2, -0.15) is 0 Å². The highest BCUT2D eigenvalue weighted by Gasteiger charge is 2.36. The molecule has 1 atom stereocenters. The van der Waals surface area contributed by atoms with Crippen LogP contribution < -0.4 is 4.90 Å². The second kappa shape index (κ2) is 7.36. The summed E-state index contributed by atoms with van der Waals surface area (Å²) in [5.74, 6) is 0.132. The summed E-state index contributed by atoms with van der Waals surface area (Å²) in [5, 5.41) is 0. The van der Waals surface area contributed by atoms with Crippen LogP contribution in [0.2, 0.25) is 0 Å². The first-order valence-corrected chi connectivity index (χ1v) is 9.68. The molecule has 3 heterocycles. The Balaban J connectivity index is 1.36. The van der Waals surface area contributed by atoms with Crippen LogP contribution in [-0.4, -0.2) is 65.4 Å². The van der Waals surface area contributed by atoms with Gasteiger partial charge in [-0.25, -0.2) is 4.98 Å². The normalized spacial score (nSPS) is 21.4. The van der Waals surface area contributed by atoms with Crippen LogP contribution in [0.25, 0.3) is 0 Å². The molecule has 2 aliphatic rings. The number of piperazine rings is 1. The minimum Gasteiger partial charge on any atom is -0.441 e. The third kappa shape index (κ3) is 3.48. The van der Waals surface area contributed by atoms with E-state index in [-0.39, 0.29) is 23.7 Å². The van der Waals surface area contributed by atoms with Crippen LogP contribution in [0.5, 0.6) is 0 Å². The Labute approximate surface area is 165 Å². The van der Waals surface area contributed by atoms with Crippen LogP contribution in [0.15, 0.2) is 41.1 Å². The number of carbonyl (C=O) groups excluding carboxylic acids is 2. The smallest absolute Gasteiger partial charge is 0.309 e. The summed E-state index contributed by atoms with van der Waals surface area (Å²) in [5.41, 5.74) is 0.960. The van der Waals surface area contributed by atoms with Gasteiger partial charge >= 0.3 is 5.91 Å². The molecule has 2 aliphatic heterocycles. The van der Waals surface area contributed by atoms with Gasteiger partial charge in [0.1, 0.15) is 6.26 Å². The van der Waals surface area contributed by atoms with Gasteiger partial charge in [-0.05, 0) is 40.8 Å². The number of anilines is 1. The lowest BCUT2D eigenvalue weighted by Crippen LogP contribution is -2.52. The Morgan fingerprint density at radius 3 is 2.73 bits per heavy atom. The third-order valence-electron chi connectivity index (χ3n) is 4.96. The Morgan fingerprint density at radius 1 is 1.23 bits per heavy atom. The Hall–Kier alpha value is -1.94. The monoisotopic (exact) mass is 466 g/mol. The predicted octanol–water partition coefficient (Wildman–Crippen LogP) is 1.84.